The van der Waals surface area contributed by atoms with Gasteiger partial charge in [-0.05, 0) is 55.1 Å². The first kappa shape index (κ1) is 16.5. The van der Waals surface area contributed by atoms with Gasteiger partial charge in [0.2, 0.25) is 5.91 Å². The summed E-state index contributed by atoms with van der Waals surface area (Å²) in [5.74, 6) is 2.03. The number of nitrogens with zero attached hydrogens (tertiary/aromatic N) is 1. The van der Waals surface area contributed by atoms with E-state index in [4.69, 9.17) is 5.73 Å². The Labute approximate surface area is 140 Å². The van der Waals surface area contributed by atoms with Crippen LogP contribution in [0.15, 0.2) is 24.3 Å². The standard InChI is InChI=1S/C20H30N2O/c1-13(2)10-15-4-6-16(7-5-15)14(3)20(23)22-11-17-8-9-19(21)18(17)12-22/h4-7,13-14,17-19H,8-12,21H2,1-3H3. The molecule has 4 atom stereocenters. The molecule has 0 spiro atoms. The third-order valence-corrected chi connectivity index (χ3v) is 5.72. The van der Waals surface area contributed by atoms with Crippen molar-refractivity contribution in [2.24, 2.45) is 23.5 Å². The fourth-order valence-corrected chi connectivity index (χ4v) is 4.32. The van der Waals surface area contributed by atoms with E-state index in [0.29, 0.717) is 23.8 Å². The lowest BCUT2D eigenvalue weighted by molar-refractivity contribution is -0.131. The Morgan fingerprint density at radius 1 is 1.17 bits per heavy atom. The molecule has 126 valence electrons. The predicted molar refractivity (Wildman–Crippen MR) is 94.2 cm³/mol. The molecule has 1 aromatic rings. The Hall–Kier alpha value is -1.35. The van der Waals surface area contributed by atoms with E-state index in [9.17, 15) is 4.79 Å². The first-order valence-corrected chi connectivity index (χ1v) is 9.09. The van der Waals surface area contributed by atoms with Gasteiger partial charge in [-0.25, -0.2) is 0 Å². The minimum atomic E-state index is -0.0573. The minimum absolute atomic E-state index is 0.0573. The number of nitrogens with two attached hydrogens (primary N) is 1. The molecule has 1 aliphatic carbocycles. The van der Waals surface area contributed by atoms with Gasteiger partial charge in [0, 0.05) is 19.1 Å². The van der Waals surface area contributed by atoms with Crippen LogP contribution in [0.5, 0.6) is 0 Å². The van der Waals surface area contributed by atoms with Crippen molar-refractivity contribution in [1.82, 2.24) is 4.90 Å². The fraction of sp³-hybridized carbons (Fsp3) is 0.650. The van der Waals surface area contributed by atoms with Gasteiger partial charge in [-0.1, -0.05) is 38.1 Å². The van der Waals surface area contributed by atoms with Crippen molar-refractivity contribution < 1.29 is 4.79 Å². The summed E-state index contributed by atoms with van der Waals surface area (Å²) in [6.07, 6.45) is 3.41. The molecule has 2 fully saturated rings. The van der Waals surface area contributed by atoms with Gasteiger partial charge in [-0.2, -0.15) is 0 Å². The highest BCUT2D eigenvalue weighted by atomic mass is 16.2. The van der Waals surface area contributed by atoms with Gasteiger partial charge in [0.1, 0.15) is 0 Å². The van der Waals surface area contributed by atoms with E-state index in [-0.39, 0.29) is 11.8 Å². The second-order valence-corrected chi connectivity index (χ2v) is 7.97. The van der Waals surface area contributed by atoms with E-state index < -0.39 is 0 Å². The lowest BCUT2D eigenvalue weighted by Gasteiger charge is -2.23. The van der Waals surface area contributed by atoms with Crippen LogP contribution < -0.4 is 5.73 Å². The third kappa shape index (κ3) is 3.45. The topological polar surface area (TPSA) is 46.3 Å². The molecule has 0 radical (unpaired) electrons. The van der Waals surface area contributed by atoms with Gasteiger partial charge in [0.15, 0.2) is 0 Å². The number of amides is 1. The van der Waals surface area contributed by atoms with Crippen molar-refractivity contribution in [2.75, 3.05) is 13.1 Å². The van der Waals surface area contributed by atoms with Crippen LogP contribution in [0, 0.1) is 17.8 Å². The maximum absolute atomic E-state index is 12.8. The van der Waals surface area contributed by atoms with E-state index in [1.165, 1.54) is 12.0 Å². The third-order valence-electron chi connectivity index (χ3n) is 5.72. The largest absolute Gasteiger partial charge is 0.342 e. The number of hydrogen-bond acceptors (Lipinski definition) is 2. The van der Waals surface area contributed by atoms with Gasteiger partial charge >= 0.3 is 0 Å². The lowest BCUT2D eigenvalue weighted by Crippen LogP contribution is -2.35. The number of benzene rings is 1. The zero-order valence-corrected chi connectivity index (χ0v) is 14.7. The quantitative estimate of drug-likeness (QED) is 0.928. The summed E-state index contributed by atoms with van der Waals surface area (Å²) >= 11 is 0. The molecule has 1 saturated carbocycles. The fourth-order valence-electron chi connectivity index (χ4n) is 4.32. The molecule has 0 bridgehead atoms. The summed E-state index contributed by atoms with van der Waals surface area (Å²) in [7, 11) is 0. The number of fused-ring (bicyclic) bond motifs is 1. The lowest BCUT2D eigenvalue weighted by atomic mass is 9.96. The van der Waals surface area contributed by atoms with Crippen molar-refractivity contribution in [3.8, 4) is 0 Å². The summed E-state index contributed by atoms with van der Waals surface area (Å²) < 4.78 is 0. The smallest absolute Gasteiger partial charge is 0.229 e. The molecule has 1 heterocycles. The molecular formula is C20H30N2O. The van der Waals surface area contributed by atoms with Crippen LogP contribution in [-0.4, -0.2) is 29.9 Å². The maximum atomic E-state index is 12.8. The van der Waals surface area contributed by atoms with Gasteiger partial charge in [0.05, 0.1) is 5.92 Å². The van der Waals surface area contributed by atoms with Crippen LogP contribution in [-0.2, 0) is 11.2 Å². The molecule has 3 nitrogen and oxygen atoms in total. The molecule has 0 aromatic heterocycles. The average molecular weight is 314 g/mol. The van der Waals surface area contributed by atoms with Crippen LogP contribution in [0.4, 0.5) is 0 Å². The first-order valence-electron chi connectivity index (χ1n) is 9.09. The van der Waals surface area contributed by atoms with Crippen molar-refractivity contribution >= 4 is 5.91 Å². The first-order chi connectivity index (χ1) is 11.0. The molecule has 1 saturated heterocycles. The normalized spacial score (nSPS) is 28.2. The molecule has 1 amide bonds. The van der Waals surface area contributed by atoms with Gasteiger partial charge in [0.25, 0.3) is 0 Å². The van der Waals surface area contributed by atoms with Crippen LogP contribution in [0.1, 0.15) is 50.7 Å². The van der Waals surface area contributed by atoms with Crippen LogP contribution in [0.25, 0.3) is 0 Å². The summed E-state index contributed by atoms with van der Waals surface area (Å²) in [6, 6.07) is 8.90. The van der Waals surface area contributed by atoms with Gasteiger partial charge < -0.3 is 10.6 Å². The molecule has 1 aromatic carbocycles. The Balaban J connectivity index is 1.63. The number of hydrogen-bond donors (Lipinski definition) is 1. The highest BCUT2D eigenvalue weighted by Crippen LogP contribution is 2.38. The zero-order valence-electron chi connectivity index (χ0n) is 14.7. The average Bonchev–Trinajstić information content (AvgIpc) is 3.08. The zero-order chi connectivity index (χ0) is 16.6. The number of carbonyl (C=O) groups is 1. The Bertz CT molecular complexity index is 551. The molecular weight excluding hydrogens is 284 g/mol. The SMILES string of the molecule is CC(C)Cc1ccc(C(C)C(=O)N2CC3CCC(N)C3C2)cc1. The highest BCUT2D eigenvalue weighted by molar-refractivity contribution is 5.83. The summed E-state index contributed by atoms with van der Waals surface area (Å²) in [4.78, 5) is 14.9. The molecule has 2 aliphatic rings. The van der Waals surface area contributed by atoms with Crippen LogP contribution in [0.2, 0.25) is 0 Å². The van der Waals surface area contributed by atoms with Crippen LogP contribution in [0.3, 0.4) is 0 Å². The number of carbonyl (C=O) groups excluding carboxylic acids is 1. The second kappa shape index (κ2) is 6.64. The van der Waals surface area contributed by atoms with Crippen molar-refractivity contribution in [3.05, 3.63) is 35.4 Å². The molecule has 3 rings (SSSR count). The van der Waals surface area contributed by atoms with E-state index in [0.717, 1.165) is 31.5 Å². The van der Waals surface area contributed by atoms with E-state index in [1.807, 2.05) is 6.92 Å². The maximum Gasteiger partial charge on any atom is 0.229 e. The van der Waals surface area contributed by atoms with E-state index in [1.54, 1.807) is 0 Å². The molecule has 23 heavy (non-hydrogen) atoms. The molecule has 2 N–H and O–H groups in total. The van der Waals surface area contributed by atoms with Crippen molar-refractivity contribution in [3.63, 3.8) is 0 Å². The summed E-state index contributed by atoms with van der Waals surface area (Å²) in [6.45, 7) is 8.27. The number of likely N-dealkylation sites (tertiary alicyclic amines) is 1. The van der Waals surface area contributed by atoms with Gasteiger partial charge in [-0.15, -0.1) is 0 Å². The second-order valence-electron chi connectivity index (χ2n) is 7.97. The summed E-state index contributed by atoms with van der Waals surface area (Å²) in [5, 5.41) is 0. The summed E-state index contributed by atoms with van der Waals surface area (Å²) in [5.41, 5.74) is 8.67. The highest BCUT2D eigenvalue weighted by Gasteiger charge is 2.43. The Kier molecular flexibility index (Phi) is 4.77. The van der Waals surface area contributed by atoms with E-state index >= 15 is 0 Å². The molecule has 4 unspecified atom stereocenters. The van der Waals surface area contributed by atoms with E-state index in [2.05, 4.69) is 43.0 Å². The van der Waals surface area contributed by atoms with Crippen LogP contribution >= 0.6 is 0 Å². The van der Waals surface area contributed by atoms with Crippen molar-refractivity contribution in [1.29, 1.82) is 0 Å². The minimum Gasteiger partial charge on any atom is -0.342 e. The number of rotatable bonds is 4. The monoisotopic (exact) mass is 314 g/mol. The Morgan fingerprint density at radius 2 is 1.87 bits per heavy atom. The predicted octanol–water partition coefficient (Wildman–Crippen LogP) is 3.18. The Morgan fingerprint density at radius 3 is 2.48 bits per heavy atom. The molecule has 3 heteroatoms. The molecule has 1 aliphatic heterocycles. The van der Waals surface area contributed by atoms with Gasteiger partial charge in [-0.3, -0.25) is 4.79 Å². The van der Waals surface area contributed by atoms with Crippen molar-refractivity contribution in [2.45, 2.75) is 52.0 Å².